The summed E-state index contributed by atoms with van der Waals surface area (Å²) in [4.78, 5) is 25.3. The van der Waals surface area contributed by atoms with Crippen LogP contribution in [0.15, 0.2) is 65.6 Å². The first-order valence-corrected chi connectivity index (χ1v) is 9.49. The van der Waals surface area contributed by atoms with Gasteiger partial charge in [0.2, 0.25) is 0 Å². The largest absolute Gasteiger partial charge is 0.487 e. The molecule has 1 aromatic heterocycles. The highest BCUT2D eigenvalue weighted by Crippen LogP contribution is 2.25. The van der Waals surface area contributed by atoms with E-state index in [0.717, 1.165) is 0 Å². The molecular formula is C22H24N4O3. The molecule has 0 aliphatic rings. The summed E-state index contributed by atoms with van der Waals surface area (Å²) in [5.41, 5.74) is 1.65. The number of benzene rings is 2. The number of carbonyl (C=O) groups is 1. The maximum absolute atomic E-state index is 13.2. The fraction of sp³-hybridized carbons (Fsp3) is 0.227. The summed E-state index contributed by atoms with van der Waals surface area (Å²) in [5.74, 6) is 0.173. The minimum atomic E-state index is -0.349. The maximum atomic E-state index is 13.2. The molecule has 7 nitrogen and oxygen atoms in total. The van der Waals surface area contributed by atoms with Crippen LogP contribution >= 0.6 is 0 Å². The Morgan fingerprint density at radius 1 is 1.14 bits per heavy atom. The van der Waals surface area contributed by atoms with Crippen molar-refractivity contribution in [3.05, 3.63) is 76.7 Å². The average molecular weight is 392 g/mol. The summed E-state index contributed by atoms with van der Waals surface area (Å²) in [5, 5.41) is 10.1. The minimum Gasteiger partial charge on any atom is -0.487 e. The number of anilines is 2. The van der Waals surface area contributed by atoms with Crippen molar-refractivity contribution in [3.8, 4) is 11.4 Å². The lowest BCUT2D eigenvalue weighted by atomic mass is 10.2. The zero-order valence-corrected chi connectivity index (χ0v) is 16.7. The van der Waals surface area contributed by atoms with E-state index < -0.39 is 0 Å². The van der Waals surface area contributed by atoms with E-state index in [4.69, 9.17) is 4.74 Å². The van der Waals surface area contributed by atoms with Crippen LogP contribution in [0, 0.1) is 0 Å². The number of amides is 1. The molecule has 3 rings (SSSR count). The quantitative estimate of drug-likeness (QED) is 0.643. The van der Waals surface area contributed by atoms with Gasteiger partial charge in [0.15, 0.2) is 11.4 Å². The molecule has 0 fully saturated rings. The Morgan fingerprint density at radius 2 is 1.90 bits per heavy atom. The zero-order valence-electron chi connectivity index (χ0n) is 16.7. The molecule has 0 aliphatic heterocycles. The predicted molar refractivity (Wildman–Crippen MR) is 113 cm³/mol. The Balaban J connectivity index is 2.04. The first-order valence-electron chi connectivity index (χ1n) is 9.49. The topological polar surface area (TPSA) is 85.2 Å². The number of para-hydroxylation sites is 1. The third kappa shape index (κ3) is 4.82. The number of nitrogens with one attached hydrogen (secondary N) is 2. The minimum absolute atomic E-state index is 0.133. The third-order valence-electron chi connectivity index (χ3n) is 4.04. The second-order valence-corrected chi connectivity index (χ2v) is 6.67. The van der Waals surface area contributed by atoms with E-state index in [1.54, 1.807) is 36.4 Å². The number of aromatic nitrogens is 2. The van der Waals surface area contributed by atoms with Crippen LogP contribution in [0.4, 0.5) is 11.4 Å². The maximum Gasteiger partial charge on any atom is 0.299 e. The van der Waals surface area contributed by atoms with Crippen LogP contribution in [0.3, 0.4) is 0 Å². The lowest BCUT2D eigenvalue weighted by Gasteiger charge is -2.16. The van der Waals surface area contributed by atoms with Gasteiger partial charge in [-0.25, -0.2) is 0 Å². The van der Waals surface area contributed by atoms with Crippen LogP contribution in [-0.2, 0) is 0 Å². The first-order chi connectivity index (χ1) is 14.0. The van der Waals surface area contributed by atoms with E-state index in [1.165, 1.54) is 10.9 Å². The molecule has 2 aromatic carbocycles. The molecule has 0 unspecified atom stereocenters. The zero-order chi connectivity index (χ0) is 20.8. The molecule has 150 valence electrons. The van der Waals surface area contributed by atoms with Crippen LogP contribution in [-0.4, -0.2) is 28.3 Å². The first kappa shape index (κ1) is 20.1. The number of rotatable bonds is 7. The van der Waals surface area contributed by atoms with Gasteiger partial charge in [0.25, 0.3) is 11.5 Å². The van der Waals surface area contributed by atoms with Gasteiger partial charge in [0, 0.05) is 17.8 Å². The Bertz CT molecular complexity index is 1050. The van der Waals surface area contributed by atoms with Gasteiger partial charge in [-0.1, -0.05) is 24.3 Å². The Labute approximate surface area is 169 Å². The molecule has 0 radical (unpaired) electrons. The SMILES string of the molecule is CCNC(=O)c1cccc(Nc2c(OC(C)C)cnn(-c3ccccc3)c2=O)c1. The summed E-state index contributed by atoms with van der Waals surface area (Å²) in [6.45, 7) is 6.15. The van der Waals surface area contributed by atoms with Crippen molar-refractivity contribution in [1.29, 1.82) is 0 Å². The lowest BCUT2D eigenvalue weighted by Crippen LogP contribution is -2.25. The predicted octanol–water partition coefficient (Wildman–Crippen LogP) is 3.51. The van der Waals surface area contributed by atoms with Crippen LogP contribution in [0.5, 0.6) is 5.75 Å². The molecule has 0 aliphatic carbocycles. The molecule has 0 saturated carbocycles. The molecule has 0 bridgehead atoms. The highest BCUT2D eigenvalue weighted by Gasteiger charge is 2.16. The van der Waals surface area contributed by atoms with Gasteiger partial charge in [-0.2, -0.15) is 9.78 Å². The Kier molecular flexibility index (Phi) is 6.29. The van der Waals surface area contributed by atoms with Crippen molar-refractivity contribution >= 4 is 17.3 Å². The second-order valence-electron chi connectivity index (χ2n) is 6.67. The summed E-state index contributed by atoms with van der Waals surface area (Å²) in [6.07, 6.45) is 1.38. The Hall–Kier alpha value is -3.61. The summed E-state index contributed by atoms with van der Waals surface area (Å²) < 4.78 is 7.10. The second kappa shape index (κ2) is 9.05. The van der Waals surface area contributed by atoms with Crippen LogP contribution in [0.25, 0.3) is 5.69 Å². The van der Waals surface area contributed by atoms with Gasteiger partial charge in [-0.15, -0.1) is 0 Å². The van der Waals surface area contributed by atoms with Gasteiger partial charge in [-0.05, 0) is 51.1 Å². The van der Waals surface area contributed by atoms with Gasteiger partial charge < -0.3 is 15.4 Å². The number of hydrogen-bond acceptors (Lipinski definition) is 5. The van der Waals surface area contributed by atoms with Crippen molar-refractivity contribution in [2.75, 3.05) is 11.9 Å². The lowest BCUT2D eigenvalue weighted by molar-refractivity contribution is 0.0956. The van der Waals surface area contributed by atoms with Crippen molar-refractivity contribution in [2.24, 2.45) is 0 Å². The molecule has 0 saturated heterocycles. The van der Waals surface area contributed by atoms with E-state index in [1.807, 2.05) is 39.0 Å². The van der Waals surface area contributed by atoms with Crippen molar-refractivity contribution in [2.45, 2.75) is 26.9 Å². The van der Waals surface area contributed by atoms with Gasteiger partial charge in [0.05, 0.1) is 18.0 Å². The van der Waals surface area contributed by atoms with Crippen LogP contribution in [0.1, 0.15) is 31.1 Å². The van der Waals surface area contributed by atoms with E-state index in [0.29, 0.717) is 29.2 Å². The molecule has 1 heterocycles. The van der Waals surface area contributed by atoms with Gasteiger partial charge >= 0.3 is 0 Å². The standard InChI is InChI=1S/C22H24N4O3/c1-4-23-21(27)16-9-8-10-17(13-16)25-20-19(29-15(2)3)14-24-26(22(20)28)18-11-6-5-7-12-18/h5-15,25H,4H2,1-3H3,(H,23,27). The normalized spacial score (nSPS) is 10.6. The van der Waals surface area contributed by atoms with E-state index in [-0.39, 0.29) is 23.3 Å². The fourth-order valence-corrected chi connectivity index (χ4v) is 2.80. The third-order valence-corrected chi connectivity index (χ3v) is 4.04. The summed E-state index contributed by atoms with van der Waals surface area (Å²) >= 11 is 0. The smallest absolute Gasteiger partial charge is 0.299 e. The summed E-state index contributed by atoms with van der Waals surface area (Å²) in [6, 6.07) is 16.1. The van der Waals surface area contributed by atoms with E-state index in [2.05, 4.69) is 15.7 Å². The molecule has 29 heavy (non-hydrogen) atoms. The van der Waals surface area contributed by atoms with Crippen LogP contribution < -0.4 is 20.9 Å². The highest BCUT2D eigenvalue weighted by molar-refractivity contribution is 5.95. The number of ether oxygens (including phenoxy) is 1. The molecule has 2 N–H and O–H groups in total. The van der Waals surface area contributed by atoms with Crippen LogP contribution in [0.2, 0.25) is 0 Å². The molecule has 1 amide bonds. The Morgan fingerprint density at radius 3 is 2.59 bits per heavy atom. The highest BCUT2D eigenvalue weighted by atomic mass is 16.5. The molecule has 0 atom stereocenters. The number of hydrogen-bond donors (Lipinski definition) is 2. The molecule has 0 spiro atoms. The molecular weight excluding hydrogens is 368 g/mol. The van der Waals surface area contributed by atoms with Crippen molar-refractivity contribution in [1.82, 2.24) is 15.1 Å². The van der Waals surface area contributed by atoms with Crippen molar-refractivity contribution < 1.29 is 9.53 Å². The van der Waals surface area contributed by atoms with E-state index >= 15 is 0 Å². The molecule has 3 aromatic rings. The van der Waals surface area contributed by atoms with E-state index in [9.17, 15) is 9.59 Å². The average Bonchev–Trinajstić information content (AvgIpc) is 2.71. The van der Waals surface area contributed by atoms with Crippen molar-refractivity contribution in [3.63, 3.8) is 0 Å². The number of nitrogens with zero attached hydrogens (tertiary/aromatic N) is 2. The molecule has 7 heteroatoms. The monoisotopic (exact) mass is 392 g/mol. The van der Waals surface area contributed by atoms with Gasteiger partial charge in [0.1, 0.15) is 0 Å². The summed E-state index contributed by atoms with van der Waals surface area (Å²) in [7, 11) is 0. The van der Waals surface area contributed by atoms with Gasteiger partial charge in [-0.3, -0.25) is 9.59 Å². The fourth-order valence-electron chi connectivity index (χ4n) is 2.80. The number of carbonyl (C=O) groups excluding carboxylic acids is 1.